The Bertz CT molecular complexity index is 581. The molecular formula is C13H18N2O3S2. The second-order valence-electron chi connectivity index (χ2n) is 4.80. The maximum atomic E-state index is 12.1. The lowest BCUT2D eigenvalue weighted by Crippen LogP contribution is -2.40. The van der Waals surface area contributed by atoms with E-state index >= 15 is 0 Å². The Hall–Kier alpha value is -1.21. The summed E-state index contributed by atoms with van der Waals surface area (Å²) in [6.07, 6.45) is 1.20. The molecule has 1 fully saturated rings. The first-order valence-corrected chi connectivity index (χ1v) is 9.56. The van der Waals surface area contributed by atoms with Gasteiger partial charge in [-0.2, -0.15) is 11.8 Å². The third-order valence-corrected chi connectivity index (χ3v) is 4.71. The van der Waals surface area contributed by atoms with Gasteiger partial charge < -0.3 is 10.2 Å². The molecule has 2 rings (SSSR count). The van der Waals surface area contributed by atoms with Gasteiger partial charge in [-0.1, -0.05) is 12.1 Å². The fourth-order valence-corrected chi connectivity index (χ4v) is 3.70. The van der Waals surface area contributed by atoms with Crippen molar-refractivity contribution in [2.24, 2.45) is 0 Å². The molecule has 20 heavy (non-hydrogen) atoms. The summed E-state index contributed by atoms with van der Waals surface area (Å²) in [5.41, 5.74) is 1.31. The molecule has 5 nitrogen and oxygen atoms in total. The number of nitrogens with one attached hydrogen (secondary N) is 1. The molecule has 1 N–H and O–H groups in total. The average molecular weight is 314 g/mol. The van der Waals surface area contributed by atoms with Gasteiger partial charge in [0, 0.05) is 36.5 Å². The van der Waals surface area contributed by atoms with Crippen molar-refractivity contribution in [1.82, 2.24) is 4.90 Å². The van der Waals surface area contributed by atoms with E-state index in [4.69, 9.17) is 0 Å². The second kappa shape index (κ2) is 6.49. The van der Waals surface area contributed by atoms with Gasteiger partial charge in [0.25, 0.3) is 0 Å². The number of thioether (sulfide) groups is 1. The normalized spacial score (nSPS) is 15.9. The highest BCUT2D eigenvalue weighted by atomic mass is 32.2. The highest BCUT2D eigenvalue weighted by Crippen LogP contribution is 2.15. The maximum absolute atomic E-state index is 12.1. The summed E-state index contributed by atoms with van der Waals surface area (Å²) >= 11 is 1.84. The van der Waals surface area contributed by atoms with Gasteiger partial charge in [-0.05, 0) is 17.7 Å². The van der Waals surface area contributed by atoms with Crippen LogP contribution in [0.5, 0.6) is 0 Å². The van der Waals surface area contributed by atoms with Crippen molar-refractivity contribution in [1.29, 1.82) is 0 Å². The zero-order valence-corrected chi connectivity index (χ0v) is 13.0. The first-order valence-electron chi connectivity index (χ1n) is 6.34. The second-order valence-corrected chi connectivity index (χ2v) is 8.16. The van der Waals surface area contributed by atoms with Gasteiger partial charge in [-0.3, -0.25) is 0 Å². The number of anilines is 1. The number of sulfone groups is 1. The highest BCUT2D eigenvalue weighted by Gasteiger charge is 2.16. The fourth-order valence-electron chi connectivity index (χ4n) is 2.01. The number of hydrogen-bond donors (Lipinski definition) is 1. The zero-order chi connectivity index (χ0) is 14.6. The molecule has 0 bridgehead atoms. The van der Waals surface area contributed by atoms with Crippen molar-refractivity contribution >= 4 is 33.3 Å². The van der Waals surface area contributed by atoms with E-state index in [9.17, 15) is 13.2 Å². The van der Waals surface area contributed by atoms with E-state index in [1.54, 1.807) is 29.2 Å². The molecular weight excluding hydrogens is 296 g/mol. The van der Waals surface area contributed by atoms with Crippen LogP contribution in [-0.2, 0) is 15.6 Å². The SMILES string of the molecule is CS(=O)(=O)Cc1cccc(NC(=O)N2CCSCC2)c1. The van der Waals surface area contributed by atoms with Crippen LogP contribution in [0, 0.1) is 0 Å². The Kier molecular flexibility index (Phi) is 4.93. The summed E-state index contributed by atoms with van der Waals surface area (Å²) in [5, 5.41) is 2.82. The van der Waals surface area contributed by atoms with Gasteiger partial charge in [-0.15, -0.1) is 0 Å². The van der Waals surface area contributed by atoms with Gasteiger partial charge >= 0.3 is 6.03 Å². The predicted molar refractivity (Wildman–Crippen MR) is 82.9 cm³/mol. The van der Waals surface area contributed by atoms with Crippen LogP contribution in [-0.4, -0.2) is 50.2 Å². The van der Waals surface area contributed by atoms with E-state index in [1.165, 1.54) is 6.26 Å². The molecule has 0 radical (unpaired) electrons. The van der Waals surface area contributed by atoms with Crippen molar-refractivity contribution in [3.63, 3.8) is 0 Å². The van der Waals surface area contributed by atoms with E-state index in [-0.39, 0.29) is 11.8 Å². The number of carbonyl (C=O) groups excluding carboxylic acids is 1. The Morgan fingerprint density at radius 2 is 2.05 bits per heavy atom. The van der Waals surface area contributed by atoms with E-state index in [0.717, 1.165) is 24.6 Å². The van der Waals surface area contributed by atoms with Crippen molar-refractivity contribution in [2.75, 3.05) is 36.2 Å². The number of rotatable bonds is 3. The first-order chi connectivity index (χ1) is 9.44. The van der Waals surface area contributed by atoms with Crippen LogP contribution in [0.4, 0.5) is 10.5 Å². The minimum Gasteiger partial charge on any atom is -0.323 e. The molecule has 1 aliphatic rings. The van der Waals surface area contributed by atoms with Crippen LogP contribution in [0.25, 0.3) is 0 Å². The van der Waals surface area contributed by atoms with Gasteiger partial charge in [0.1, 0.15) is 0 Å². The standard InChI is InChI=1S/C13H18N2O3S2/c1-20(17,18)10-11-3-2-4-12(9-11)14-13(16)15-5-7-19-8-6-15/h2-4,9H,5-8,10H2,1H3,(H,14,16). The van der Waals surface area contributed by atoms with Gasteiger partial charge in [-0.25, -0.2) is 13.2 Å². The monoisotopic (exact) mass is 314 g/mol. The van der Waals surface area contributed by atoms with Crippen LogP contribution in [0.2, 0.25) is 0 Å². The minimum atomic E-state index is -3.07. The Morgan fingerprint density at radius 1 is 1.35 bits per heavy atom. The van der Waals surface area contributed by atoms with Crippen LogP contribution < -0.4 is 5.32 Å². The molecule has 1 aliphatic heterocycles. The van der Waals surface area contributed by atoms with E-state index in [1.807, 2.05) is 11.8 Å². The van der Waals surface area contributed by atoms with Gasteiger partial charge in [0.15, 0.2) is 9.84 Å². The molecule has 0 unspecified atom stereocenters. The Balaban J connectivity index is 2.02. The van der Waals surface area contributed by atoms with Crippen LogP contribution in [0.15, 0.2) is 24.3 Å². The van der Waals surface area contributed by atoms with Gasteiger partial charge in [0.05, 0.1) is 5.75 Å². The van der Waals surface area contributed by atoms with Crippen LogP contribution >= 0.6 is 11.8 Å². The molecule has 0 aromatic heterocycles. The Morgan fingerprint density at radius 3 is 2.70 bits per heavy atom. The summed E-state index contributed by atoms with van der Waals surface area (Å²) in [6, 6.07) is 6.85. The fraction of sp³-hybridized carbons (Fsp3) is 0.462. The van der Waals surface area contributed by atoms with E-state index in [2.05, 4.69) is 5.32 Å². The number of urea groups is 1. The maximum Gasteiger partial charge on any atom is 0.321 e. The number of amides is 2. The molecule has 0 spiro atoms. The summed E-state index contributed by atoms with van der Waals surface area (Å²) in [4.78, 5) is 13.8. The summed E-state index contributed by atoms with van der Waals surface area (Å²) in [6.45, 7) is 1.50. The smallest absolute Gasteiger partial charge is 0.321 e. The molecule has 1 aromatic rings. The van der Waals surface area contributed by atoms with E-state index in [0.29, 0.717) is 11.3 Å². The lowest BCUT2D eigenvalue weighted by Gasteiger charge is -2.26. The van der Waals surface area contributed by atoms with Crippen LogP contribution in [0.3, 0.4) is 0 Å². The Labute approximate surface area is 123 Å². The number of hydrogen-bond acceptors (Lipinski definition) is 4. The molecule has 1 heterocycles. The van der Waals surface area contributed by atoms with Crippen molar-refractivity contribution in [3.8, 4) is 0 Å². The average Bonchev–Trinajstić information content (AvgIpc) is 2.38. The minimum absolute atomic E-state index is 0.0168. The number of benzene rings is 1. The molecule has 1 saturated heterocycles. The quantitative estimate of drug-likeness (QED) is 0.924. The molecule has 1 aromatic carbocycles. The number of nitrogens with zero attached hydrogens (tertiary/aromatic N) is 1. The summed E-state index contributed by atoms with van der Waals surface area (Å²) < 4.78 is 22.6. The van der Waals surface area contributed by atoms with Crippen molar-refractivity contribution in [2.45, 2.75) is 5.75 Å². The van der Waals surface area contributed by atoms with Gasteiger partial charge in [0.2, 0.25) is 0 Å². The lowest BCUT2D eigenvalue weighted by atomic mass is 10.2. The van der Waals surface area contributed by atoms with E-state index < -0.39 is 9.84 Å². The molecule has 7 heteroatoms. The first kappa shape index (κ1) is 15.2. The van der Waals surface area contributed by atoms with Crippen molar-refractivity contribution in [3.05, 3.63) is 29.8 Å². The van der Waals surface area contributed by atoms with Crippen LogP contribution in [0.1, 0.15) is 5.56 Å². The highest BCUT2D eigenvalue weighted by molar-refractivity contribution is 7.99. The lowest BCUT2D eigenvalue weighted by molar-refractivity contribution is 0.217. The molecule has 0 saturated carbocycles. The third-order valence-electron chi connectivity index (χ3n) is 2.91. The molecule has 0 aliphatic carbocycles. The summed E-state index contributed by atoms with van der Waals surface area (Å²) in [5.74, 6) is 1.90. The summed E-state index contributed by atoms with van der Waals surface area (Å²) in [7, 11) is -3.07. The van der Waals surface area contributed by atoms with Crippen molar-refractivity contribution < 1.29 is 13.2 Å². The molecule has 110 valence electrons. The molecule has 2 amide bonds. The largest absolute Gasteiger partial charge is 0.323 e. The third kappa shape index (κ3) is 4.72. The predicted octanol–water partition coefficient (Wildman–Crippen LogP) is 1.81. The topological polar surface area (TPSA) is 66.5 Å². The number of carbonyl (C=O) groups is 1. The zero-order valence-electron chi connectivity index (χ0n) is 11.3. The molecule has 0 atom stereocenters.